The van der Waals surface area contributed by atoms with E-state index in [1.807, 2.05) is 12.1 Å². The van der Waals surface area contributed by atoms with Crippen molar-refractivity contribution in [3.8, 4) is 11.5 Å². The molecule has 0 aliphatic carbocycles. The number of likely N-dealkylation sites (tertiary alicyclic amines) is 1. The Hall–Kier alpha value is -0.780. The summed E-state index contributed by atoms with van der Waals surface area (Å²) in [6.07, 6.45) is 0.643. The van der Waals surface area contributed by atoms with Crippen molar-refractivity contribution in [2.24, 2.45) is 0 Å². The molecule has 4 nitrogen and oxygen atoms in total. The highest BCUT2D eigenvalue weighted by atomic mass is 79.9. The highest BCUT2D eigenvalue weighted by molar-refractivity contribution is 9.10. The molecule has 0 spiro atoms. The molecule has 1 aromatic carbocycles. The maximum Gasteiger partial charge on any atom is 0.133 e. The molecule has 1 aromatic rings. The summed E-state index contributed by atoms with van der Waals surface area (Å²) in [5.41, 5.74) is 1.08. The molecule has 100 valence electrons. The first kappa shape index (κ1) is 13.6. The van der Waals surface area contributed by atoms with Crippen molar-refractivity contribution >= 4 is 15.9 Å². The number of benzene rings is 1. The number of hydrogen-bond acceptors (Lipinski definition) is 4. The summed E-state index contributed by atoms with van der Waals surface area (Å²) in [7, 11) is 3.31. The maximum atomic E-state index is 9.54. The zero-order chi connectivity index (χ0) is 13.1. The van der Waals surface area contributed by atoms with Gasteiger partial charge in [0.05, 0.1) is 24.8 Å². The first-order chi connectivity index (χ1) is 8.63. The lowest BCUT2D eigenvalue weighted by Crippen LogP contribution is -2.21. The fraction of sp³-hybridized carbons (Fsp3) is 0.538. The number of ether oxygens (including phenoxy) is 2. The second-order valence-corrected chi connectivity index (χ2v) is 5.33. The van der Waals surface area contributed by atoms with Crippen LogP contribution < -0.4 is 9.47 Å². The number of rotatable bonds is 4. The minimum Gasteiger partial charge on any atom is -0.496 e. The smallest absolute Gasteiger partial charge is 0.133 e. The van der Waals surface area contributed by atoms with Gasteiger partial charge in [-0.05, 0) is 34.5 Å². The van der Waals surface area contributed by atoms with Gasteiger partial charge in [0.2, 0.25) is 0 Å². The predicted molar refractivity (Wildman–Crippen MR) is 73.1 cm³/mol. The number of aliphatic hydroxyl groups is 1. The van der Waals surface area contributed by atoms with E-state index in [1.165, 1.54) is 0 Å². The van der Waals surface area contributed by atoms with E-state index in [0.29, 0.717) is 0 Å². The average Bonchev–Trinajstić information content (AvgIpc) is 2.76. The predicted octanol–water partition coefficient (Wildman–Crippen LogP) is 2.03. The number of hydrogen-bond donors (Lipinski definition) is 1. The molecule has 1 fully saturated rings. The molecule has 5 heteroatoms. The summed E-state index contributed by atoms with van der Waals surface area (Å²) in [5.74, 6) is 1.63. The Morgan fingerprint density at radius 3 is 2.61 bits per heavy atom. The Kier molecular flexibility index (Phi) is 4.48. The number of methoxy groups -OCH3 is 2. The molecule has 1 aliphatic rings. The van der Waals surface area contributed by atoms with Gasteiger partial charge < -0.3 is 14.6 Å². The van der Waals surface area contributed by atoms with Gasteiger partial charge in [0.25, 0.3) is 0 Å². The molecule has 1 N–H and O–H groups in total. The minimum atomic E-state index is -0.201. The number of aliphatic hydroxyl groups excluding tert-OH is 1. The minimum absolute atomic E-state index is 0.201. The quantitative estimate of drug-likeness (QED) is 0.923. The molecule has 0 amide bonds. The zero-order valence-electron chi connectivity index (χ0n) is 10.6. The first-order valence-electron chi connectivity index (χ1n) is 5.95. The summed E-state index contributed by atoms with van der Waals surface area (Å²) in [6.45, 7) is 2.41. The molecular weight excluding hydrogens is 298 g/mol. The van der Waals surface area contributed by atoms with Crippen LogP contribution in [0.25, 0.3) is 0 Å². The van der Waals surface area contributed by atoms with Gasteiger partial charge in [-0.3, -0.25) is 4.90 Å². The standard InChI is InChI=1S/C13H18BrNO3/c1-17-12-6-11(14)13(18-2)5-9(12)7-15-4-3-10(16)8-15/h5-6,10,16H,3-4,7-8H2,1-2H3/t10-/m1/s1. The Bertz CT molecular complexity index is 425. The molecule has 2 rings (SSSR count). The maximum absolute atomic E-state index is 9.54. The number of halogens is 1. The van der Waals surface area contributed by atoms with Gasteiger partial charge in [-0.1, -0.05) is 0 Å². The van der Waals surface area contributed by atoms with Gasteiger partial charge in [-0.25, -0.2) is 0 Å². The molecule has 1 saturated heterocycles. The lowest BCUT2D eigenvalue weighted by Gasteiger charge is -2.18. The van der Waals surface area contributed by atoms with Crippen molar-refractivity contribution in [3.05, 3.63) is 22.2 Å². The zero-order valence-corrected chi connectivity index (χ0v) is 12.2. The summed E-state index contributed by atoms with van der Waals surface area (Å²) in [6, 6.07) is 3.90. The number of β-amino-alcohol motifs (C(OH)–C–C–N with tert-alkyl or cyclic N) is 1. The van der Waals surface area contributed by atoms with E-state index in [2.05, 4.69) is 20.8 Å². The third-order valence-electron chi connectivity index (χ3n) is 3.20. The van der Waals surface area contributed by atoms with Gasteiger partial charge in [0.15, 0.2) is 0 Å². The van der Waals surface area contributed by atoms with E-state index in [9.17, 15) is 5.11 Å². The monoisotopic (exact) mass is 315 g/mol. The molecule has 1 heterocycles. The van der Waals surface area contributed by atoms with E-state index in [4.69, 9.17) is 9.47 Å². The molecule has 0 bridgehead atoms. The average molecular weight is 316 g/mol. The van der Waals surface area contributed by atoms with Crippen LogP contribution in [0.1, 0.15) is 12.0 Å². The second kappa shape index (κ2) is 5.91. The van der Waals surface area contributed by atoms with Gasteiger partial charge >= 0.3 is 0 Å². The summed E-state index contributed by atoms with van der Waals surface area (Å²) in [4.78, 5) is 2.22. The van der Waals surface area contributed by atoms with E-state index >= 15 is 0 Å². The molecule has 1 atom stereocenters. The van der Waals surface area contributed by atoms with Crippen molar-refractivity contribution in [3.63, 3.8) is 0 Å². The highest BCUT2D eigenvalue weighted by Gasteiger charge is 2.21. The van der Waals surface area contributed by atoms with Crippen LogP contribution in [0.15, 0.2) is 16.6 Å². The van der Waals surface area contributed by atoms with Crippen molar-refractivity contribution < 1.29 is 14.6 Å². The summed E-state index contributed by atoms with van der Waals surface area (Å²) < 4.78 is 11.6. The van der Waals surface area contributed by atoms with Crippen molar-refractivity contribution in [1.29, 1.82) is 0 Å². The molecular formula is C13H18BrNO3. The van der Waals surface area contributed by atoms with E-state index in [-0.39, 0.29) is 6.10 Å². The van der Waals surface area contributed by atoms with Crippen LogP contribution >= 0.6 is 15.9 Å². The molecule has 18 heavy (non-hydrogen) atoms. The lowest BCUT2D eigenvalue weighted by atomic mass is 10.1. The molecule has 0 unspecified atom stereocenters. The molecule has 0 radical (unpaired) electrons. The second-order valence-electron chi connectivity index (χ2n) is 4.48. The van der Waals surface area contributed by atoms with E-state index in [0.717, 1.165) is 47.6 Å². The van der Waals surface area contributed by atoms with E-state index < -0.39 is 0 Å². The van der Waals surface area contributed by atoms with E-state index in [1.54, 1.807) is 14.2 Å². The van der Waals surface area contributed by atoms with Crippen molar-refractivity contribution in [1.82, 2.24) is 4.90 Å². The van der Waals surface area contributed by atoms with Crippen LogP contribution in [0.5, 0.6) is 11.5 Å². The lowest BCUT2D eigenvalue weighted by molar-refractivity contribution is 0.174. The van der Waals surface area contributed by atoms with Gasteiger partial charge in [0, 0.05) is 25.2 Å². The largest absolute Gasteiger partial charge is 0.496 e. The molecule has 1 aliphatic heterocycles. The van der Waals surface area contributed by atoms with Crippen LogP contribution in [0.2, 0.25) is 0 Å². The Morgan fingerprint density at radius 1 is 1.33 bits per heavy atom. The summed E-state index contributed by atoms with van der Waals surface area (Å²) >= 11 is 3.45. The number of nitrogens with zero attached hydrogens (tertiary/aromatic N) is 1. The van der Waals surface area contributed by atoms with Crippen molar-refractivity contribution in [2.45, 2.75) is 19.1 Å². The third-order valence-corrected chi connectivity index (χ3v) is 3.82. The molecule has 0 saturated carbocycles. The normalized spacial score (nSPS) is 20.1. The Balaban J connectivity index is 2.20. The van der Waals surface area contributed by atoms with Gasteiger partial charge in [-0.2, -0.15) is 0 Å². The van der Waals surface area contributed by atoms with Gasteiger partial charge in [-0.15, -0.1) is 0 Å². The topological polar surface area (TPSA) is 41.9 Å². The fourth-order valence-corrected chi connectivity index (χ4v) is 2.73. The van der Waals surface area contributed by atoms with Crippen LogP contribution in [-0.4, -0.2) is 43.4 Å². The fourth-order valence-electron chi connectivity index (χ4n) is 2.24. The van der Waals surface area contributed by atoms with Gasteiger partial charge in [0.1, 0.15) is 11.5 Å². The van der Waals surface area contributed by atoms with Crippen LogP contribution in [-0.2, 0) is 6.54 Å². The highest BCUT2D eigenvalue weighted by Crippen LogP contribution is 2.33. The Morgan fingerprint density at radius 2 is 2.06 bits per heavy atom. The van der Waals surface area contributed by atoms with Crippen molar-refractivity contribution in [2.75, 3.05) is 27.3 Å². The summed E-state index contributed by atoms with van der Waals surface area (Å²) in [5, 5.41) is 9.54. The SMILES string of the molecule is COc1cc(CN2CC[C@@H](O)C2)c(OC)cc1Br. The van der Waals surface area contributed by atoms with Crippen LogP contribution in [0.4, 0.5) is 0 Å². The molecule has 0 aromatic heterocycles. The first-order valence-corrected chi connectivity index (χ1v) is 6.74. The van der Waals surface area contributed by atoms with Crippen LogP contribution in [0, 0.1) is 0 Å². The van der Waals surface area contributed by atoms with Crippen LogP contribution in [0.3, 0.4) is 0 Å². The Labute approximate surface area is 116 Å². The third kappa shape index (κ3) is 2.96.